The van der Waals surface area contributed by atoms with Gasteiger partial charge in [-0.2, -0.15) is 11.8 Å². The fourth-order valence-electron chi connectivity index (χ4n) is 4.98. The van der Waals surface area contributed by atoms with Crippen molar-refractivity contribution in [1.29, 1.82) is 5.41 Å². The van der Waals surface area contributed by atoms with Crippen LogP contribution < -0.4 is 16.4 Å². The lowest BCUT2D eigenvalue weighted by Gasteiger charge is -2.37. The summed E-state index contributed by atoms with van der Waals surface area (Å²) in [6, 6.07) is -1.34. The molecule has 1 saturated heterocycles. The molecule has 0 bridgehead atoms. The van der Waals surface area contributed by atoms with E-state index in [2.05, 4.69) is 24.5 Å². The highest BCUT2D eigenvalue weighted by Crippen LogP contribution is 2.33. The molecule has 5 N–H and O–H groups in total. The molecule has 212 valence electrons. The molecular formula is C27H49N5O4S. The molecule has 0 aromatic carbocycles. The van der Waals surface area contributed by atoms with Gasteiger partial charge < -0.3 is 26.0 Å². The van der Waals surface area contributed by atoms with Gasteiger partial charge in [0.2, 0.25) is 11.8 Å². The van der Waals surface area contributed by atoms with Gasteiger partial charge in [-0.05, 0) is 76.4 Å². The second-order valence-corrected chi connectivity index (χ2v) is 13.2. The molecule has 0 aromatic rings. The highest BCUT2D eigenvalue weighted by molar-refractivity contribution is 8.00. The molecule has 1 aliphatic heterocycles. The van der Waals surface area contributed by atoms with Gasteiger partial charge in [-0.1, -0.05) is 27.2 Å². The lowest BCUT2D eigenvalue weighted by atomic mass is 9.81. The Hall–Kier alpha value is -1.97. The number of carbonyl (C=O) groups is 3. The maximum absolute atomic E-state index is 13.9. The zero-order valence-electron chi connectivity index (χ0n) is 23.4. The highest BCUT2D eigenvalue weighted by atomic mass is 32.2. The van der Waals surface area contributed by atoms with Gasteiger partial charge in [-0.15, -0.1) is 0 Å². The van der Waals surface area contributed by atoms with E-state index in [-0.39, 0.29) is 23.6 Å². The number of likely N-dealkylation sites (tertiary alicyclic amines) is 1. The summed E-state index contributed by atoms with van der Waals surface area (Å²) in [6.07, 6.45) is 6.09. The first-order valence-electron chi connectivity index (χ1n) is 14.0. The minimum atomic E-state index is -0.805. The van der Waals surface area contributed by atoms with E-state index in [1.54, 1.807) is 16.7 Å². The summed E-state index contributed by atoms with van der Waals surface area (Å²) in [4.78, 5) is 41.3. The van der Waals surface area contributed by atoms with Crippen molar-refractivity contribution < 1.29 is 19.1 Å². The van der Waals surface area contributed by atoms with Crippen LogP contribution in [0.2, 0.25) is 0 Å². The van der Waals surface area contributed by atoms with Crippen molar-refractivity contribution in [2.75, 3.05) is 25.4 Å². The number of amides is 3. The topological polar surface area (TPSA) is 138 Å². The number of ether oxygens (including phenoxy) is 1. The minimum Gasteiger partial charge on any atom is -0.450 e. The third-order valence-electron chi connectivity index (χ3n) is 7.41. The molecule has 1 heterocycles. The summed E-state index contributed by atoms with van der Waals surface area (Å²) >= 11 is 1.65. The van der Waals surface area contributed by atoms with Crippen LogP contribution in [0, 0.1) is 23.2 Å². The van der Waals surface area contributed by atoms with Crippen molar-refractivity contribution >= 4 is 35.5 Å². The Morgan fingerprint density at radius 3 is 2.43 bits per heavy atom. The number of nitrogens with two attached hydrogens (primary N) is 1. The van der Waals surface area contributed by atoms with E-state index in [1.807, 2.05) is 20.8 Å². The van der Waals surface area contributed by atoms with Crippen molar-refractivity contribution in [3.8, 4) is 0 Å². The van der Waals surface area contributed by atoms with Crippen molar-refractivity contribution in [2.24, 2.45) is 23.5 Å². The van der Waals surface area contributed by atoms with E-state index in [1.165, 1.54) is 0 Å². The van der Waals surface area contributed by atoms with Crippen LogP contribution in [0.25, 0.3) is 0 Å². The molecule has 3 amide bonds. The standard InChI is InChI=1S/C27H49N5O4S/c1-6-7-15-36-26(35)31-22(27(4,5)37-17-18(2)3)25(34)32-14-8-9-21(32)24(33)30-16-19-10-12-20(13-11-19)23(28)29/h18-22H,6-17H2,1-5H3,(H3,28,29)(H,30,33)(H,31,35)/t19?,20?,21-,22-/m0/s1. The highest BCUT2D eigenvalue weighted by Gasteiger charge is 2.44. The van der Waals surface area contributed by atoms with Crippen molar-refractivity contribution in [1.82, 2.24) is 15.5 Å². The van der Waals surface area contributed by atoms with Gasteiger partial charge >= 0.3 is 6.09 Å². The van der Waals surface area contributed by atoms with E-state index in [0.29, 0.717) is 38.0 Å². The van der Waals surface area contributed by atoms with Gasteiger partial charge in [0.05, 0.1) is 12.4 Å². The molecule has 2 atom stereocenters. The van der Waals surface area contributed by atoms with Crippen molar-refractivity contribution in [2.45, 2.75) is 103 Å². The fourth-order valence-corrected chi connectivity index (χ4v) is 6.06. The number of unbranched alkanes of at least 4 members (excludes halogenated alkanes) is 1. The zero-order chi connectivity index (χ0) is 27.6. The van der Waals surface area contributed by atoms with Crippen LogP contribution >= 0.6 is 11.8 Å². The van der Waals surface area contributed by atoms with Crippen LogP contribution in [0.3, 0.4) is 0 Å². The van der Waals surface area contributed by atoms with E-state index in [0.717, 1.165) is 50.7 Å². The molecule has 2 rings (SSSR count). The first-order chi connectivity index (χ1) is 17.5. The third kappa shape index (κ3) is 9.69. The number of alkyl carbamates (subject to hydrolysis) is 1. The summed E-state index contributed by atoms with van der Waals surface area (Å²) in [7, 11) is 0. The molecular weight excluding hydrogens is 490 g/mol. The smallest absolute Gasteiger partial charge is 0.407 e. The number of thioether (sulfide) groups is 1. The normalized spacial score (nSPS) is 23.0. The Balaban J connectivity index is 2.05. The predicted octanol–water partition coefficient (Wildman–Crippen LogP) is 3.90. The molecule has 1 saturated carbocycles. The predicted molar refractivity (Wildman–Crippen MR) is 150 cm³/mol. The van der Waals surface area contributed by atoms with Gasteiger partial charge in [0.15, 0.2) is 0 Å². The van der Waals surface area contributed by atoms with Crippen LogP contribution in [0.15, 0.2) is 0 Å². The molecule has 0 aromatic heterocycles. The van der Waals surface area contributed by atoms with Crippen LogP contribution in [0.1, 0.15) is 86.0 Å². The second-order valence-electron chi connectivity index (χ2n) is 11.5. The van der Waals surface area contributed by atoms with Crippen LogP contribution in [-0.2, 0) is 14.3 Å². The van der Waals surface area contributed by atoms with Crippen molar-refractivity contribution in [3.63, 3.8) is 0 Å². The quantitative estimate of drug-likeness (QED) is 0.159. The molecule has 37 heavy (non-hydrogen) atoms. The summed E-state index contributed by atoms with van der Waals surface area (Å²) < 4.78 is 4.74. The number of hydrogen-bond donors (Lipinski definition) is 4. The lowest BCUT2D eigenvalue weighted by Crippen LogP contribution is -2.60. The van der Waals surface area contributed by atoms with Gasteiger partial charge in [0.1, 0.15) is 12.1 Å². The number of nitrogens with one attached hydrogen (secondary N) is 3. The maximum Gasteiger partial charge on any atom is 0.407 e. The van der Waals surface area contributed by atoms with Crippen LogP contribution in [0.4, 0.5) is 4.79 Å². The molecule has 10 heteroatoms. The van der Waals surface area contributed by atoms with E-state index < -0.39 is 22.9 Å². The summed E-state index contributed by atoms with van der Waals surface area (Å²) in [5, 5.41) is 13.6. The fraction of sp³-hybridized carbons (Fsp3) is 0.852. The van der Waals surface area contributed by atoms with Crippen molar-refractivity contribution in [3.05, 3.63) is 0 Å². The first-order valence-corrected chi connectivity index (χ1v) is 14.9. The Bertz CT molecular complexity index is 783. The molecule has 2 aliphatic rings. The Morgan fingerprint density at radius 2 is 1.84 bits per heavy atom. The molecule has 0 radical (unpaired) electrons. The monoisotopic (exact) mass is 539 g/mol. The Kier molecular flexibility index (Phi) is 12.5. The molecule has 0 unspecified atom stereocenters. The lowest BCUT2D eigenvalue weighted by molar-refractivity contribution is -0.140. The van der Waals surface area contributed by atoms with Gasteiger partial charge in [-0.25, -0.2) is 4.79 Å². The second kappa shape index (κ2) is 14.8. The Morgan fingerprint density at radius 1 is 1.16 bits per heavy atom. The van der Waals surface area contributed by atoms with Crippen LogP contribution in [0.5, 0.6) is 0 Å². The van der Waals surface area contributed by atoms with Gasteiger partial charge in [0.25, 0.3) is 0 Å². The third-order valence-corrected chi connectivity index (χ3v) is 9.23. The number of amidine groups is 1. The molecule has 0 spiro atoms. The Labute approximate surface area is 227 Å². The largest absolute Gasteiger partial charge is 0.450 e. The first kappa shape index (κ1) is 31.2. The van der Waals surface area contributed by atoms with Gasteiger partial charge in [-0.3, -0.25) is 15.0 Å². The number of rotatable bonds is 13. The van der Waals surface area contributed by atoms with E-state index in [4.69, 9.17) is 15.9 Å². The average molecular weight is 540 g/mol. The SMILES string of the molecule is CCCCOC(=O)N[C@@H](C(=O)N1CCC[C@H]1C(=O)NCC1CCC(C(=N)N)CC1)C(C)(C)SCC(C)C. The van der Waals surface area contributed by atoms with Gasteiger partial charge in [0, 0.05) is 23.8 Å². The zero-order valence-corrected chi connectivity index (χ0v) is 24.3. The summed E-state index contributed by atoms with van der Waals surface area (Å²) in [5.74, 6) is 1.71. The van der Waals surface area contributed by atoms with E-state index in [9.17, 15) is 14.4 Å². The maximum atomic E-state index is 13.9. The average Bonchev–Trinajstić information content (AvgIpc) is 3.35. The number of hydrogen-bond acceptors (Lipinski definition) is 6. The molecule has 9 nitrogen and oxygen atoms in total. The van der Waals surface area contributed by atoms with Crippen LogP contribution in [-0.4, -0.2) is 70.9 Å². The number of nitrogens with zero attached hydrogens (tertiary/aromatic N) is 1. The molecule has 2 fully saturated rings. The minimum absolute atomic E-state index is 0.128. The number of carbonyl (C=O) groups excluding carboxylic acids is 3. The van der Waals surface area contributed by atoms with E-state index >= 15 is 0 Å². The summed E-state index contributed by atoms with van der Waals surface area (Å²) in [5.41, 5.74) is 5.65. The molecule has 1 aliphatic carbocycles. The summed E-state index contributed by atoms with van der Waals surface area (Å²) in [6.45, 7) is 11.6.